The zero-order valence-corrected chi connectivity index (χ0v) is 13.2. The van der Waals surface area contributed by atoms with Gasteiger partial charge in [0.15, 0.2) is 0 Å². The van der Waals surface area contributed by atoms with E-state index in [1.54, 1.807) is 38.4 Å². The van der Waals surface area contributed by atoms with E-state index in [1.165, 1.54) is 10.6 Å². The lowest BCUT2D eigenvalue weighted by atomic mass is 10.1. The first-order chi connectivity index (χ1) is 10.5. The molecule has 116 valence electrons. The molecule has 0 spiro atoms. The van der Waals surface area contributed by atoms with E-state index in [-0.39, 0.29) is 17.5 Å². The summed E-state index contributed by atoms with van der Waals surface area (Å²) in [7, 11) is 4.98. The predicted octanol–water partition coefficient (Wildman–Crippen LogP) is 2.23. The van der Waals surface area contributed by atoms with Gasteiger partial charge in [-0.2, -0.15) is 0 Å². The van der Waals surface area contributed by atoms with Crippen molar-refractivity contribution in [1.29, 1.82) is 0 Å². The van der Waals surface area contributed by atoms with Crippen LogP contribution in [0.2, 0.25) is 0 Å². The van der Waals surface area contributed by atoms with E-state index < -0.39 is 0 Å². The van der Waals surface area contributed by atoms with Gasteiger partial charge in [-0.25, -0.2) is 0 Å². The standard InChI is InChI=1S/C17H20N2O3/c1-12(14-7-5-6-8-15(14)22-4)19(3)17(21)13-9-10-18(2)16(20)11-13/h5-12H,1-4H3. The van der Waals surface area contributed by atoms with E-state index in [0.29, 0.717) is 5.56 Å². The number of hydrogen-bond donors (Lipinski definition) is 0. The summed E-state index contributed by atoms with van der Waals surface area (Å²) in [6.45, 7) is 1.93. The highest BCUT2D eigenvalue weighted by atomic mass is 16.5. The summed E-state index contributed by atoms with van der Waals surface area (Å²) in [6.07, 6.45) is 1.59. The molecule has 0 radical (unpaired) electrons. The fourth-order valence-corrected chi connectivity index (χ4v) is 2.28. The normalized spacial score (nSPS) is 11.8. The van der Waals surface area contributed by atoms with Crippen LogP contribution in [-0.2, 0) is 7.05 Å². The molecule has 0 saturated carbocycles. The van der Waals surface area contributed by atoms with E-state index in [0.717, 1.165) is 11.3 Å². The van der Waals surface area contributed by atoms with Crippen LogP contribution in [-0.4, -0.2) is 29.5 Å². The molecule has 2 aromatic rings. The number of nitrogens with zero attached hydrogens (tertiary/aromatic N) is 2. The Balaban J connectivity index is 2.29. The molecular weight excluding hydrogens is 280 g/mol. The summed E-state index contributed by atoms with van der Waals surface area (Å²) in [4.78, 5) is 25.8. The Labute approximate surface area is 129 Å². The Hall–Kier alpha value is -2.56. The first-order valence-electron chi connectivity index (χ1n) is 7.02. The summed E-state index contributed by atoms with van der Waals surface area (Å²) in [5.74, 6) is 0.537. The lowest BCUT2D eigenvalue weighted by Crippen LogP contribution is -2.31. The average Bonchev–Trinajstić information content (AvgIpc) is 2.55. The van der Waals surface area contributed by atoms with Crippen molar-refractivity contribution in [3.8, 4) is 5.75 Å². The highest BCUT2D eigenvalue weighted by Crippen LogP contribution is 2.28. The van der Waals surface area contributed by atoms with Crippen molar-refractivity contribution < 1.29 is 9.53 Å². The van der Waals surface area contributed by atoms with Crippen LogP contribution in [0.3, 0.4) is 0 Å². The fraction of sp³-hybridized carbons (Fsp3) is 0.294. The summed E-state index contributed by atoms with van der Waals surface area (Å²) in [5, 5.41) is 0. The number of carbonyl (C=O) groups is 1. The zero-order chi connectivity index (χ0) is 16.3. The number of benzene rings is 1. The highest BCUT2D eigenvalue weighted by Gasteiger charge is 2.21. The number of rotatable bonds is 4. The molecule has 0 aliphatic rings. The summed E-state index contributed by atoms with van der Waals surface area (Å²) >= 11 is 0. The van der Waals surface area contributed by atoms with Gasteiger partial charge in [0, 0.05) is 37.5 Å². The van der Waals surface area contributed by atoms with Crippen molar-refractivity contribution in [2.75, 3.05) is 14.2 Å². The topological polar surface area (TPSA) is 51.5 Å². The molecule has 0 bridgehead atoms. The molecule has 5 nitrogen and oxygen atoms in total. The van der Waals surface area contributed by atoms with Crippen molar-refractivity contribution in [2.45, 2.75) is 13.0 Å². The van der Waals surface area contributed by atoms with Crippen LogP contribution in [0.1, 0.15) is 28.9 Å². The van der Waals surface area contributed by atoms with Crippen LogP contribution < -0.4 is 10.3 Å². The molecule has 1 atom stereocenters. The first-order valence-corrected chi connectivity index (χ1v) is 7.02. The maximum Gasteiger partial charge on any atom is 0.254 e. The number of para-hydroxylation sites is 1. The third kappa shape index (κ3) is 3.03. The van der Waals surface area contributed by atoms with Gasteiger partial charge in [0.2, 0.25) is 0 Å². The van der Waals surface area contributed by atoms with Gasteiger partial charge in [0.05, 0.1) is 13.2 Å². The summed E-state index contributed by atoms with van der Waals surface area (Å²) < 4.78 is 6.78. The molecule has 2 rings (SSSR count). The molecule has 5 heteroatoms. The third-order valence-electron chi connectivity index (χ3n) is 3.84. The molecule has 0 aliphatic carbocycles. The SMILES string of the molecule is COc1ccccc1C(C)N(C)C(=O)c1ccn(C)c(=O)c1. The van der Waals surface area contributed by atoms with Crippen LogP contribution in [0.4, 0.5) is 0 Å². The Kier molecular flexibility index (Phi) is 4.65. The van der Waals surface area contributed by atoms with E-state index in [9.17, 15) is 9.59 Å². The van der Waals surface area contributed by atoms with Crippen LogP contribution in [0.25, 0.3) is 0 Å². The van der Waals surface area contributed by atoms with Gasteiger partial charge < -0.3 is 14.2 Å². The Morgan fingerprint density at radius 3 is 2.59 bits per heavy atom. The molecule has 0 aliphatic heterocycles. The van der Waals surface area contributed by atoms with Crippen molar-refractivity contribution >= 4 is 5.91 Å². The molecule has 1 aromatic heterocycles. The quantitative estimate of drug-likeness (QED) is 0.870. The van der Waals surface area contributed by atoms with Gasteiger partial charge in [-0.15, -0.1) is 0 Å². The van der Waals surface area contributed by atoms with E-state index in [4.69, 9.17) is 4.74 Å². The number of aromatic nitrogens is 1. The minimum Gasteiger partial charge on any atom is -0.496 e. The molecule has 0 fully saturated rings. The van der Waals surface area contributed by atoms with Gasteiger partial charge in [-0.3, -0.25) is 9.59 Å². The van der Waals surface area contributed by atoms with Crippen molar-refractivity contribution in [3.63, 3.8) is 0 Å². The number of amides is 1. The van der Waals surface area contributed by atoms with Gasteiger partial charge in [-0.1, -0.05) is 18.2 Å². The van der Waals surface area contributed by atoms with Gasteiger partial charge in [-0.05, 0) is 19.1 Å². The van der Waals surface area contributed by atoms with E-state index >= 15 is 0 Å². The number of methoxy groups -OCH3 is 1. The Morgan fingerprint density at radius 1 is 1.27 bits per heavy atom. The molecule has 1 heterocycles. The molecule has 0 N–H and O–H groups in total. The molecule has 1 unspecified atom stereocenters. The number of carbonyl (C=O) groups excluding carboxylic acids is 1. The number of hydrogen-bond acceptors (Lipinski definition) is 3. The minimum absolute atomic E-state index is 0.173. The zero-order valence-electron chi connectivity index (χ0n) is 13.2. The Morgan fingerprint density at radius 2 is 1.95 bits per heavy atom. The number of pyridine rings is 1. The lowest BCUT2D eigenvalue weighted by Gasteiger charge is -2.26. The van der Waals surface area contributed by atoms with E-state index in [2.05, 4.69) is 0 Å². The minimum atomic E-state index is -0.204. The van der Waals surface area contributed by atoms with Crippen LogP contribution in [0.15, 0.2) is 47.4 Å². The lowest BCUT2D eigenvalue weighted by molar-refractivity contribution is 0.0740. The second kappa shape index (κ2) is 6.47. The monoisotopic (exact) mass is 300 g/mol. The maximum absolute atomic E-state index is 12.6. The largest absolute Gasteiger partial charge is 0.496 e. The smallest absolute Gasteiger partial charge is 0.254 e. The molecule has 1 amide bonds. The molecule has 0 saturated heterocycles. The summed E-state index contributed by atoms with van der Waals surface area (Å²) in [5.41, 5.74) is 1.10. The van der Waals surface area contributed by atoms with Gasteiger partial charge in [0.1, 0.15) is 5.75 Å². The summed E-state index contributed by atoms with van der Waals surface area (Å²) in [6, 6.07) is 10.4. The van der Waals surface area contributed by atoms with Crippen LogP contribution in [0.5, 0.6) is 5.75 Å². The first kappa shape index (κ1) is 15.8. The predicted molar refractivity (Wildman–Crippen MR) is 85.2 cm³/mol. The van der Waals surface area contributed by atoms with Crippen molar-refractivity contribution in [1.82, 2.24) is 9.47 Å². The molecule has 22 heavy (non-hydrogen) atoms. The molecule has 1 aromatic carbocycles. The maximum atomic E-state index is 12.6. The number of aryl methyl sites for hydroxylation is 1. The highest BCUT2D eigenvalue weighted by molar-refractivity contribution is 5.94. The van der Waals surface area contributed by atoms with Crippen LogP contribution in [0, 0.1) is 0 Å². The van der Waals surface area contributed by atoms with Gasteiger partial charge in [0.25, 0.3) is 11.5 Å². The average molecular weight is 300 g/mol. The second-order valence-electron chi connectivity index (χ2n) is 5.20. The third-order valence-corrected chi connectivity index (χ3v) is 3.84. The van der Waals surface area contributed by atoms with Crippen LogP contribution >= 0.6 is 0 Å². The van der Waals surface area contributed by atoms with E-state index in [1.807, 2.05) is 31.2 Å². The van der Waals surface area contributed by atoms with Gasteiger partial charge >= 0.3 is 0 Å². The number of ether oxygens (including phenoxy) is 1. The van der Waals surface area contributed by atoms with Crippen molar-refractivity contribution in [2.24, 2.45) is 7.05 Å². The molecular formula is C17H20N2O3. The second-order valence-corrected chi connectivity index (χ2v) is 5.20. The fourth-order valence-electron chi connectivity index (χ4n) is 2.28. The Bertz CT molecular complexity index is 737. The van der Waals surface area contributed by atoms with Crippen molar-refractivity contribution in [3.05, 3.63) is 64.1 Å².